The maximum atomic E-state index is 12.0. The van der Waals surface area contributed by atoms with Gasteiger partial charge in [-0.05, 0) is 49.8 Å². The predicted molar refractivity (Wildman–Crippen MR) is 81.0 cm³/mol. The molecular formula is C17H23NO3. The zero-order chi connectivity index (χ0) is 15.4. The molecular weight excluding hydrogens is 266 g/mol. The van der Waals surface area contributed by atoms with E-state index in [1.54, 1.807) is 19.1 Å². The molecule has 0 aromatic heterocycles. The zero-order valence-electron chi connectivity index (χ0n) is 12.9. The Morgan fingerprint density at radius 3 is 2.33 bits per heavy atom. The number of esters is 1. The molecule has 0 spiro atoms. The highest BCUT2D eigenvalue weighted by atomic mass is 16.5. The molecule has 4 heteroatoms. The van der Waals surface area contributed by atoms with Gasteiger partial charge in [0.05, 0.1) is 5.56 Å². The largest absolute Gasteiger partial charge is 0.449 e. The molecule has 0 heterocycles. The number of nitrogens with one attached hydrogen (secondary N) is 1. The first-order valence-corrected chi connectivity index (χ1v) is 7.56. The Labute approximate surface area is 125 Å². The van der Waals surface area contributed by atoms with E-state index < -0.39 is 12.1 Å². The first-order chi connectivity index (χ1) is 9.95. The van der Waals surface area contributed by atoms with Gasteiger partial charge in [-0.3, -0.25) is 4.79 Å². The topological polar surface area (TPSA) is 55.4 Å². The molecule has 1 atom stereocenters. The molecule has 21 heavy (non-hydrogen) atoms. The summed E-state index contributed by atoms with van der Waals surface area (Å²) in [6.07, 6.45) is 2.26. The van der Waals surface area contributed by atoms with Gasteiger partial charge in [-0.1, -0.05) is 26.0 Å². The molecule has 1 aliphatic rings. The number of hydrogen-bond acceptors (Lipinski definition) is 3. The van der Waals surface area contributed by atoms with Gasteiger partial charge in [0.1, 0.15) is 0 Å². The Bertz CT molecular complexity index is 503. The molecule has 0 aliphatic heterocycles. The fourth-order valence-corrected chi connectivity index (χ4v) is 2.08. The lowest BCUT2D eigenvalue weighted by molar-refractivity contribution is -0.129. The standard InChI is InChI=1S/C17H23NO3/c1-11(2)10-13-4-6-14(7-5-13)17(20)21-12(3)16(19)18-15-8-9-15/h4-7,11-12,15H,8-10H2,1-3H3,(H,18,19)/t12-/m1/s1. The van der Waals surface area contributed by atoms with Crippen molar-refractivity contribution < 1.29 is 14.3 Å². The van der Waals surface area contributed by atoms with E-state index in [9.17, 15) is 9.59 Å². The summed E-state index contributed by atoms with van der Waals surface area (Å²) in [5, 5.41) is 2.82. The van der Waals surface area contributed by atoms with Crippen molar-refractivity contribution in [2.75, 3.05) is 0 Å². The fraction of sp³-hybridized carbons (Fsp3) is 0.529. The third-order valence-electron chi connectivity index (χ3n) is 3.41. The Hall–Kier alpha value is -1.84. The second-order valence-electron chi connectivity index (χ2n) is 6.13. The maximum Gasteiger partial charge on any atom is 0.338 e. The number of hydrogen-bond donors (Lipinski definition) is 1. The highest BCUT2D eigenvalue weighted by Gasteiger charge is 2.27. The third-order valence-corrected chi connectivity index (χ3v) is 3.41. The van der Waals surface area contributed by atoms with Gasteiger partial charge in [-0.15, -0.1) is 0 Å². The van der Waals surface area contributed by atoms with Gasteiger partial charge in [0.25, 0.3) is 5.91 Å². The van der Waals surface area contributed by atoms with Crippen LogP contribution in [0, 0.1) is 5.92 Å². The molecule has 1 fully saturated rings. The average Bonchev–Trinajstić information content (AvgIpc) is 3.22. The second kappa shape index (κ2) is 6.74. The van der Waals surface area contributed by atoms with Crippen molar-refractivity contribution in [3.8, 4) is 0 Å². The fourth-order valence-electron chi connectivity index (χ4n) is 2.08. The number of ether oxygens (including phenoxy) is 1. The normalized spacial score (nSPS) is 15.6. The Morgan fingerprint density at radius 1 is 1.19 bits per heavy atom. The SMILES string of the molecule is CC(C)Cc1ccc(C(=O)O[C@H](C)C(=O)NC2CC2)cc1. The number of amides is 1. The van der Waals surface area contributed by atoms with Crippen molar-refractivity contribution in [2.24, 2.45) is 5.92 Å². The van der Waals surface area contributed by atoms with Crippen LogP contribution in [0.25, 0.3) is 0 Å². The van der Waals surface area contributed by atoms with Crippen LogP contribution < -0.4 is 5.32 Å². The van der Waals surface area contributed by atoms with Gasteiger partial charge in [0, 0.05) is 6.04 Å². The molecule has 1 saturated carbocycles. The van der Waals surface area contributed by atoms with E-state index in [2.05, 4.69) is 19.2 Å². The van der Waals surface area contributed by atoms with Gasteiger partial charge in [0.15, 0.2) is 6.10 Å². The molecule has 4 nitrogen and oxygen atoms in total. The Kier molecular flexibility index (Phi) is 4.99. The van der Waals surface area contributed by atoms with Crippen LogP contribution in [0.4, 0.5) is 0 Å². The zero-order valence-corrected chi connectivity index (χ0v) is 12.9. The van der Waals surface area contributed by atoms with Crippen molar-refractivity contribution in [2.45, 2.75) is 52.2 Å². The Balaban J connectivity index is 1.88. The lowest BCUT2D eigenvalue weighted by Gasteiger charge is -2.13. The van der Waals surface area contributed by atoms with Crippen molar-refractivity contribution in [3.63, 3.8) is 0 Å². The highest BCUT2D eigenvalue weighted by Crippen LogP contribution is 2.19. The van der Waals surface area contributed by atoms with E-state index in [4.69, 9.17) is 4.74 Å². The summed E-state index contributed by atoms with van der Waals surface area (Å²) in [5.41, 5.74) is 1.68. The van der Waals surface area contributed by atoms with Crippen LogP contribution in [0.2, 0.25) is 0 Å². The first-order valence-electron chi connectivity index (χ1n) is 7.56. The van der Waals surface area contributed by atoms with Gasteiger partial charge in [-0.2, -0.15) is 0 Å². The Morgan fingerprint density at radius 2 is 1.81 bits per heavy atom. The van der Waals surface area contributed by atoms with Crippen molar-refractivity contribution >= 4 is 11.9 Å². The van der Waals surface area contributed by atoms with Gasteiger partial charge < -0.3 is 10.1 Å². The second-order valence-corrected chi connectivity index (χ2v) is 6.13. The van der Waals surface area contributed by atoms with Crippen molar-refractivity contribution in [3.05, 3.63) is 35.4 Å². The van der Waals surface area contributed by atoms with Gasteiger partial charge in [-0.25, -0.2) is 4.79 Å². The van der Waals surface area contributed by atoms with Gasteiger partial charge >= 0.3 is 5.97 Å². The summed E-state index contributed by atoms with van der Waals surface area (Å²) in [5.74, 6) is -0.0965. The van der Waals surface area contributed by atoms with Crippen molar-refractivity contribution in [1.29, 1.82) is 0 Å². The molecule has 2 rings (SSSR count). The van der Waals surface area contributed by atoms with Crippen LogP contribution >= 0.6 is 0 Å². The van der Waals surface area contributed by atoms with Crippen LogP contribution in [-0.4, -0.2) is 24.0 Å². The molecule has 0 radical (unpaired) electrons. The lowest BCUT2D eigenvalue weighted by Crippen LogP contribution is -2.37. The minimum Gasteiger partial charge on any atom is -0.449 e. The minimum atomic E-state index is -0.756. The van der Waals surface area contributed by atoms with Crippen LogP contribution in [0.1, 0.15) is 49.5 Å². The van der Waals surface area contributed by atoms with E-state index in [0.29, 0.717) is 11.5 Å². The molecule has 0 unspecified atom stereocenters. The van der Waals surface area contributed by atoms with E-state index >= 15 is 0 Å². The van der Waals surface area contributed by atoms with Crippen LogP contribution in [0.15, 0.2) is 24.3 Å². The molecule has 1 amide bonds. The number of benzene rings is 1. The highest BCUT2D eigenvalue weighted by molar-refractivity contribution is 5.92. The van der Waals surface area contributed by atoms with E-state index in [-0.39, 0.29) is 11.9 Å². The predicted octanol–water partition coefficient (Wildman–Crippen LogP) is 2.71. The summed E-state index contributed by atoms with van der Waals surface area (Å²) < 4.78 is 5.20. The minimum absolute atomic E-state index is 0.220. The summed E-state index contributed by atoms with van der Waals surface area (Å²) in [6.45, 7) is 5.91. The molecule has 0 saturated heterocycles. The van der Waals surface area contributed by atoms with E-state index in [1.807, 2.05) is 12.1 Å². The molecule has 1 aromatic rings. The molecule has 114 valence electrons. The molecule has 1 N–H and O–H groups in total. The monoisotopic (exact) mass is 289 g/mol. The van der Waals surface area contributed by atoms with Crippen molar-refractivity contribution in [1.82, 2.24) is 5.32 Å². The van der Waals surface area contributed by atoms with Crippen LogP contribution in [0.3, 0.4) is 0 Å². The number of carbonyl (C=O) groups is 2. The first kappa shape index (κ1) is 15.5. The third kappa shape index (κ3) is 4.88. The van der Waals surface area contributed by atoms with Gasteiger partial charge in [0.2, 0.25) is 0 Å². The smallest absolute Gasteiger partial charge is 0.338 e. The molecule has 1 aromatic carbocycles. The maximum absolute atomic E-state index is 12.0. The average molecular weight is 289 g/mol. The van der Waals surface area contributed by atoms with Crippen LogP contribution in [0.5, 0.6) is 0 Å². The van der Waals surface area contributed by atoms with E-state index in [1.165, 1.54) is 5.56 Å². The lowest BCUT2D eigenvalue weighted by atomic mass is 10.0. The van der Waals surface area contributed by atoms with E-state index in [0.717, 1.165) is 19.3 Å². The summed E-state index contributed by atoms with van der Waals surface area (Å²) in [6, 6.07) is 7.66. The number of carbonyl (C=O) groups excluding carboxylic acids is 2. The summed E-state index contributed by atoms with van der Waals surface area (Å²) >= 11 is 0. The number of rotatable bonds is 6. The quantitative estimate of drug-likeness (QED) is 0.819. The summed E-state index contributed by atoms with van der Waals surface area (Å²) in [7, 11) is 0. The molecule has 1 aliphatic carbocycles. The summed E-state index contributed by atoms with van der Waals surface area (Å²) in [4.78, 5) is 23.7. The van der Waals surface area contributed by atoms with Crippen LogP contribution in [-0.2, 0) is 16.0 Å². The molecule has 0 bridgehead atoms.